The Balaban J connectivity index is 1.73. The number of carbonyl (C=O) groups excluding carboxylic acids is 1. The maximum atomic E-state index is 11.2. The number of hydrogen-bond donors (Lipinski definition) is 3. The molecular formula is C11H18N2O3S. The molecule has 0 aromatic rings. The monoisotopic (exact) mass is 258 g/mol. The molecule has 17 heavy (non-hydrogen) atoms. The van der Waals surface area contributed by atoms with E-state index in [-0.39, 0.29) is 24.0 Å². The summed E-state index contributed by atoms with van der Waals surface area (Å²) in [6, 6.07) is 0.422. The Morgan fingerprint density at radius 1 is 1.59 bits per heavy atom. The number of amides is 2. The average Bonchev–Trinajstić information content (AvgIpc) is 2.78. The third-order valence-electron chi connectivity index (χ3n) is 3.49. The van der Waals surface area contributed by atoms with Crippen LogP contribution in [-0.2, 0) is 4.79 Å². The molecule has 0 spiro atoms. The van der Waals surface area contributed by atoms with E-state index >= 15 is 0 Å². The Labute approximate surface area is 105 Å². The fraction of sp³-hybridized carbons (Fsp3) is 0.818. The Morgan fingerprint density at radius 2 is 2.35 bits per heavy atom. The zero-order valence-corrected chi connectivity index (χ0v) is 10.6. The van der Waals surface area contributed by atoms with Gasteiger partial charge in [0.25, 0.3) is 0 Å². The maximum Gasteiger partial charge on any atom is 0.315 e. The smallest absolute Gasteiger partial charge is 0.315 e. The van der Waals surface area contributed by atoms with Gasteiger partial charge in [0.15, 0.2) is 0 Å². The van der Waals surface area contributed by atoms with E-state index in [1.54, 1.807) is 6.92 Å². The quantitative estimate of drug-likeness (QED) is 0.644. The third kappa shape index (κ3) is 2.86. The summed E-state index contributed by atoms with van der Waals surface area (Å²) < 4.78 is 0. The molecule has 2 amide bonds. The highest BCUT2D eigenvalue weighted by molar-refractivity contribution is 8.00. The Bertz CT molecular complexity index is 324. The van der Waals surface area contributed by atoms with E-state index in [0.717, 1.165) is 18.6 Å². The molecule has 2 rings (SSSR count). The van der Waals surface area contributed by atoms with Gasteiger partial charge >= 0.3 is 12.0 Å². The lowest BCUT2D eigenvalue weighted by atomic mass is 9.99. The van der Waals surface area contributed by atoms with Gasteiger partial charge in [-0.2, -0.15) is 11.8 Å². The van der Waals surface area contributed by atoms with Gasteiger partial charge in [0.1, 0.15) is 0 Å². The number of urea groups is 1. The zero-order chi connectivity index (χ0) is 12.4. The highest BCUT2D eigenvalue weighted by atomic mass is 32.2. The summed E-state index contributed by atoms with van der Waals surface area (Å²) in [5.74, 6) is -0.0333. The normalized spacial score (nSPS) is 32.8. The molecule has 0 radical (unpaired) electrons. The molecule has 0 aliphatic carbocycles. The van der Waals surface area contributed by atoms with Crippen LogP contribution in [0.4, 0.5) is 4.79 Å². The number of carboxylic acids is 1. The highest BCUT2D eigenvalue weighted by Gasteiger charge is 2.42. The average molecular weight is 258 g/mol. The number of nitrogens with one attached hydrogen (secondary N) is 2. The first-order valence-electron chi connectivity index (χ1n) is 5.99. The number of rotatable bonds is 5. The van der Waals surface area contributed by atoms with Crippen LogP contribution >= 0.6 is 11.8 Å². The van der Waals surface area contributed by atoms with Crippen LogP contribution in [0.5, 0.6) is 0 Å². The van der Waals surface area contributed by atoms with E-state index in [1.165, 1.54) is 0 Å². The molecule has 6 heteroatoms. The van der Waals surface area contributed by atoms with Crippen molar-refractivity contribution in [2.45, 2.75) is 43.5 Å². The van der Waals surface area contributed by atoms with Crippen molar-refractivity contribution in [3.63, 3.8) is 0 Å². The van der Waals surface area contributed by atoms with Gasteiger partial charge in [-0.05, 0) is 12.8 Å². The molecule has 5 nitrogen and oxygen atoms in total. The molecule has 0 bridgehead atoms. The highest BCUT2D eigenvalue weighted by Crippen LogP contribution is 2.33. The molecule has 2 aliphatic heterocycles. The molecule has 0 unspecified atom stereocenters. The number of carbonyl (C=O) groups is 2. The summed E-state index contributed by atoms with van der Waals surface area (Å²) in [5, 5.41) is 15.1. The van der Waals surface area contributed by atoms with Crippen molar-refractivity contribution in [3.05, 3.63) is 0 Å². The summed E-state index contributed by atoms with van der Waals surface area (Å²) in [6.45, 7) is 1.74. The summed E-state index contributed by atoms with van der Waals surface area (Å²) in [5.41, 5.74) is 0. The van der Waals surface area contributed by atoms with Gasteiger partial charge in [-0.15, -0.1) is 0 Å². The van der Waals surface area contributed by atoms with Crippen LogP contribution in [-0.4, -0.2) is 40.2 Å². The second-order valence-electron chi connectivity index (χ2n) is 4.79. The van der Waals surface area contributed by atoms with Gasteiger partial charge in [0, 0.05) is 11.0 Å². The van der Waals surface area contributed by atoms with Gasteiger partial charge < -0.3 is 15.7 Å². The van der Waals surface area contributed by atoms with Crippen molar-refractivity contribution in [2.75, 3.05) is 5.75 Å². The van der Waals surface area contributed by atoms with Gasteiger partial charge in [-0.1, -0.05) is 13.3 Å². The summed E-state index contributed by atoms with van der Waals surface area (Å²) in [4.78, 5) is 21.8. The first-order chi connectivity index (χ1) is 8.08. The van der Waals surface area contributed by atoms with Crippen LogP contribution in [0.3, 0.4) is 0 Å². The van der Waals surface area contributed by atoms with Crippen LogP contribution in [0, 0.1) is 5.92 Å². The zero-order valence-electron chi connectivity index (χ0n) is 9.81. The lowest BCUT2D eigenvalue weighted by Crippen LogP contribution is -2.36. The summed E-state index contributed by atoms with van der Waals surface area (Å²) in [6.07, 6.45) is 2.60. The first-order valence-corrected chi connectivity index (χ1v) is 7.04. The van der Waals surface area contributed by atoms with Gasteiger partial charge in [-0.3, -0.25) is 4.79 Å². The van der Waals surface area contributed by atoms with Crippen LogP contribution < -0.4 is 10.6 Å². The Kier molecular flexibility index (Phi) is 3.81. The number of thioether (sulfide) groups is 1. The second kappa shape index (κ2) is 5.16. The molecular weight excluding hydrogens is 240 g/mol. The molecule has 96 valence electrons. The van der Waals surface area contributed by atoms with Crippen molar-refractivity contribution in [1.29, 1.82) is 0 Å². The molecule has 2 saturated heterocycles. The summed E-state index contributed by atoms with van der Waals surface area (Å²) >= 11 is 1.87. The van der Waals surface area contributed by atoms with Crippen molar-refractivity contribution < 1.29 is 14.7 Å². The molecule has 2 fully saturated rings. The minimum Gasteiger partial charge on any atom is -0.481 e. The van der Waals surface area contributed by atoms with Crippen LogP contribution in [0.2, 0.25) is 0 Å². The maximum absolute atomic E-state index is 11.2. The van der Waals surface area contributed by atoms with Crippen molar-refractivity contribution in [3.8, 4) is 0 Å². The predicted octanol–water partition coefficient (Wildman–Crippen LogP) is 1.04. The van der Waals surface area contributed by atoms with Gasteiger partial charge in [-0.25, -0.2) is 4.79 Å². The number of hydrogen-bond acceptors (Lipinski definition) is 3. The third-order valence-corrected chi connectivity index (χ3v) is 4.99. The second-order valence-corrected chi connectivity index (χ2v) is 6.06. The molecule has 4 atom stereocenters. The van der Waals surface area contributed by atoms with E-state index in [1.807, 2.05) is 11.8 Å². The van der Waals surface area contributed by atoms with E-state index < -0.39 is 5.97 Å². The summed E-state index contributed by atoms with van der Waals surface area (Å²) in [7, 11) is 0. The fourth-order valence-electron chi connectivity index (χ4n) is 2.39. The standard InChI is InChI=1S/C11H18N2O3S/c1-6(10(14)15)3-2-4-8-9-7(5-17-8)12-11(16)13-9/h6-9H,2-5H2,1H3,(H,14,15)(H2,12,13,16)/t6-,7-,8+,9-/m1/s1. The number of aliphatic carboxylic acids is 1. The van der Waals surface area contributed by atoms with Crippen LogP contribution in [0.15, 0.2) is 0 Å². The topological polar surface area (TPSA) is 78.4 Å². The van der Waals surface area contributed by atoms with E-state index in [2.05, 4.69) is 10.6 Å². The van der Waals surface area contributed by atoms with E-state index in [4.69, 9.17) is 5.11 Å². The fourth-order valence-corrected chi connectivity index (χ4v) is 3.94. The lowest BCUT2D eigenvalue weighted by molar-refractivity contribution is -0.141. The number of fused-ring (bicyclic) bond motifs is 1. The molecule has 3 N–H and O–H groups in total. The minimum atomic E-state index is -0.724. The SMILES string of the molecule is C[C@H](CCC[C@@H]1SC[C@H]2NC(=O)N[C@@H]12)C(=O)O. The van der Waals surface area contributed by atoms with E-state index in [0.29, 0.717) is 11.7 Å². The van der Waals surface area contributed by atoms with Crippen LogP contribution in [0.1, 0.15) is 26.2 Å². The molecule has 2 heterocycles. The molecule has 2 aliphatic rings. The molecule has 0 aromatic heterocycles. The lowest BCUT2D eigenvalue weighted by Gasteiger charge is -2.17. The van der Waals surface area contributed by atoms with Gasteiger partial charge in [0.05, 0.1) is 18.0 Å². The van der Waals surface area contributed by atoms with Crippen molar-refractivity contribution in [2.24, 2.45) is 5.92 Å². The Morgan fingerprint density at radius 3 is 3.06 bits per heavy atom. The Hall–Kier alpha value is -0.910. The minimum absolute atomic E-state index is 0.0656. The largest absolute Gasteiger partial charge is 0.481 e. The molecule has 0 saturated carbocycles. The van der Waals surface area contributed by atoms with Crippen molar-refractivity contribution in [1.82, 2.24) is 10.6 Å². The van der Waals surface area contributed by atoms with E-state index in [9.17, 15) is 9.59 Å². The predicted molar refractivity (Wildman–Crippen MR) is 66.1 cm³/mol. The first kappa shape index (κ1) is 12.5. The number of carboxylic acid groups (broad SMARTS) is 1. The van der Waals surface area contributed by atoms with Gasteiger partial charge in [0.2, 0.25) is 0 Å². The molecule has 0 aromatic carbocycles. The van der Waals surface area contributed by atoms with Crippen LogP contribution in [0.25, 0.3) is 0 Å². The van der Waals surface area contributed by atoms with Crippen molar-refractivity contribution >= 4 is 23.8 Å².